The minimum Gasteiger partial charge on any atom is -0.354 e. The highest BCUT2D eigenvalue weighted by Gasteiger charge is 2.34. The van der Waals surface area contributed by atoms with Crippen LogP contribution in [-0.2, 0) is 19.6 Å². The molecule has 1 atom stereocenters. The lowest BCUT2D eigenvalue weighted by Crippen LogP contribution is -2.38. The van der Waals surface area contributed by atoms with Gasteiger partial charge in [0, 0.05) is 31.7 Å². The zero-order valence-electron chi connectivity index (χ0n) is 15.8. The average Bonchev–Trinajstić information content (AvgIpc) is 3.38. The fraction of sp³-hybridized carbons (Fsp3) is 0.263. The molecule has 0 aliphatic carbocycles. The van der Waals surface area contributed by atoms with E-state index in [2.05, 4.69) is 18.8 Å². The van der Waals surface area contributed by atoms with Crippen molar-refractivity contribution < 1.29 is 18.0 Å². The van der Waals surface area contributed by atoms with Crippen molar-refractivity contribution in [2.45, 2.75) is 11.3 Å². The first-order valence-corrected chi connectivity index (χ1v) is 11.5. The highest BCUT2D eigenvalue weighted by atomic mass is 32.2. The van der Waals surface area contributed by atoms with E-state index in [1.54, 1.807) is 17.0 Å². The van der Waals surface area contributed by atoms with Crippen molar-refractivity contribution in [3.05, 3.63) is 48.5 Å². The minimum atomic E-state index is -3.79. The van der Waals surface area contributed by atoms with E-state index in [1.807, 2.05) is 30.3 Å². The van der Waals surface area contributed by atoms with Crippen LogP contribution >= 0.6 is 11.7 Å². The normalized spacial score (nSPS) is 16.9. The van der Waals surface area contributed by atoms with Gasteiger partial charge in [0.2, 0.25) is 21.8 Å². The molecule has 2 amide bonds. The average molecular weight is 446 g/mol. The second-order valence-electron chi connectivity index (χ2n) is 6.82. The Bertz CT molecular complexity index is 1180. The van der Waals surface area contributed by atoms with Gasteiger partial charge in [-0.2, -0.15) is 8.75 Å². The zero-order valence-corrected chi connectivity index (χ0v) is 17.4. The van der Waals surface area contributed by atoms with Gasteiger partial charge in [0.05, 0.1) is 17.6 Å². The molecule has 0 radical (unpaired) electrons. The molecule has 11 heteroatoms. The number of fused-ring (bicyclic) bond motifs is 1. The van der Waals surface area contributed by atoms with Crippen LogP contribution in [0.1, 0.15) is 6.42 Å². The smallest absolute Gasteiger partial charge is 0.242 e. The van der Waals surface area contributed by atoms with Crippen molar-refractivity contribution in [3.8, 4) is 0 Å². The molecule has 1 aromatic heterocycles. The van der Waals surface area contributed by atoms with Crippen LogP contribution in [0, 0.1) is 5.92 Å². The summed E-state index contributed by atoms with van der Waals surface area (Å²) in [5.41, 5.74) is 1.60. The van der Waals surface area contributed by atoms with Gasteiger partial charge < -0.3 is 10.2 Å². The maximum absolute atomic E-state index is 12.5. The van der Waals surface area contributed by atoms with Crippen LogP contribution in [0.3, 0.4) is 0 Å². The van der Waals surface area contributed by atoms with Crippen LogP contribution in [0.15, 0.2) is 53.4 Å². The molecule has 3 aromatic rings. The van der Waals surface area contributed by atoms with Crippen molar-refractivity contribution in [1.29, 1.82) is 0 Å². The highest BCUT2D eigenvalue weighted by molar-refractivity contribution is 7.89. The van der Waals surface area contributed by atoms with Gasteiger partial charge in [-0.05, 0) is 24.3 Å². The lowest BCUT2D eigenvalue weighted by molar-refractivity contribution is -0.126. The van der Waals surface area contributed by atoms with Crippen LogP contribution in [-0.4, -0.2) is 48.6 Å². The number of rotatable bonds is 7. The van der Waals surface area contributed by atoms with Gasteiger partial charge in [-0.1, -0.05) is 24.3 Å². The summed E-state index contributed by atoms with van der Waals surface area (Å²) in [5, 5.41) is 2.70. The quantitative estimate of drug-likeness (QED) is 0.526. The van der Waals surface area contributed by atoms with E-state index in [-0.39, 0.29) is 36.2 Å². The van der Waals surface area contributed by atoms with Gasteiger partial charge in [-0.15, -0.1) is 0 Å². The number of nitrogens with zero attached hydrogens (tertiary/aromatic N) is 3. The molecule has 9 nitrogen and oxygen atoms in total. The number of carbonyl (C=O) groups is 2. The lowest BCUT2D eigenvalue weighted by atomic mass is 10.1. The van der Waals surface area contributed by atoms with Gasteiger partial charge in [-0.3, -0.25) is 9.59 Å². The number of carbonyl (C=O) groups excluding carboxylic acids is 2. The first kappa shape index (κ1) is 20.4. The summed E-state index contributed by atoms with van der Waals surface area (Å²) in [7, 11) is -3.79. The van der Waals surface area contributed by atoms with E-state index in [0.29, 0.717) is 17.6 Å². The summed E-state index contributed by atoms with van der Waals surface area (Å²) in [6, 6.07) is 14.0. The fourth-order valence-corrected chi connectivity index (χ4v) is 5.13. The fourth-order valence-electron chi connectivity index (χ4n) is 3.33. The van der Waals surface area contributed by atoms with Crippen LogP contribution in [0.4, 0.5) is 5.69 Å². The standard InChI is InChI=1S/C19H19N5O4S2/c25-17-11-13(12-24(17)14-5-2-1-3-6-14)19(26)20-9-10-21-30(27,28)16-8-4-7-15-18(16)23-29-22-15/h1-8,13,21H,9-12H2,(H,20,26)/t13-/m1/s1. The van der Waals surface area contributed by atoms with Crippen molar-refractivity contribution in [2.75, 3.05) is 24.5 Å². The van der Waals surface area contributed by atoms with Crippen molar-refractivity contribution >= 4 is 50.3 Å². The number of sulfonamides is 1. The molecule has 2 heterocycles. The van der Waals surface area contributed by atoms with Gasteiger partial charge in [0.15, 0.2) is 0 Å². The molecule has 0 bridgehead atoms. The summed E-state index contributed by atoms with van der Waals surface area (Å²) in [4.78, 5) is 26.3. The van der Waals surface area contributed by atoms with Gasteiger partial charge in [-0.25, -0.2) is 13.1 Å². The Balaban J connectivity index is 1.30. The SMILES string of the molecule is O=C(NCCNS(=O)(=O)c1cccc2nsnc12)[C@@H]1CC(=O)N(c2ccccc2)C1. The predicted octanol–water partition coefficient (Wildman–Crippen LogP) is 1.14. The Morgan fingerprint density at radius 3 is 2.70 bits per heavy atom. The second-order valence-corrected chi connectivity index (χ2v) is 9.08. The number of benzene rings is 2. The molecule has 0 unspecified atom stereocenters. The number of amides is 2. The maximum atomic E-state index is 12.5. The first-order chi connectivity index (χ1) is 14.5. The zero-order chi connectivity index (χ0) is 21.1. The Hall–Kier alpha value is -2.89. The van der Waals surface area contributed by atoms with E-state index < -0.39 is 15.9 Å². The molecule has 1 aliphatic rings. The molecule has 1 aliphatic heterocycles. The molecule has 0 saturated carbocycles. The summed E-state index contributed by atoms with van der Waals surface area (Å²) in [6.45, 7) is 0.434. The number of hydrogen-bond acceptors (Lipinski definition) is 7. The van der Waals surface area contributed by atoms with Crippen LogP contribution in [0.25, 0.3) is 11.0 Å². The molecule has 156 valence electrons. The number of anilines is 1. The molecular weight excluding hydrogens is 426 g/mol. The van der Waals surface area contributed by atoms with Gasteiger partial charge in [0.1, 0.15) is 15.9 Å². The van der Waals surface area contributed by atoms with E-state index in [0.717, 1.165) is 17.4 Å². The summed E-state index contributed by atoms with van der Waals surface area (Å²) in [5.74, 6) is -0.844. The highest BCUT2D eigenvalue weighted by Crippen LogP contribution is 2.25. The Labute approximate surface area is 177 Å². The van der Waals surface area contributed by atoms with Gasteiger partial charge >= 0.3 is 0 Å². The van der Waals surface area contributed by atoms with Crippen LogP contribution in [0.2, 0.25) is 0 Å². The van der Waals surface area contributed by atoms with E-state index >= 15 is 0 Å². The Morgan fingerprint density at radius 2 is 1.90 bits per heavy atom. The molecule has 0 spiro atoms. The second kappa shape index (κ2) is 8.46. The summed E-state index contributed by atoms with van der Waals surface area (Å²) >= 11 is 0.947. The third kappa shape index (κ3) is 4.18. The van der Waals surface area contributed by atoms with E-state index in [4.69, 9.17) is 0 Å². The van der Waals surface area contributed by atoms with E-state index in [1.165, 1.54) is 6.07 Å². The third-order valence-electron chi connectivity index (χ3n) is 4.82. The Morgan fingerprint density at radius 1 is 1.10 bits per heavy atom. The molecule has 2 aromatic carbocycles. The third-order valence-corrected chi connectivity index (χ3v) is 6.85. The van der Waals surface area contributed by atoms with Crippen LogP contribution in [0.5, 0.6) is 0 Å². The number of para-hydroxylation sites is 1. The summed E-state index contributed by atoms with van der Waals surface area (Å²) in [6.07, 6.45) is 0.130. The molecule has 2 N–H and O–H groups in total. The molecule has 1 fully saturated rings. The van der Waals surface area contributed by atoms with Crippen molar-refractivity contribution in [3.63, 3.8) is 0 Å². The Kier molecular flexibility index (Phi) is 5.75. The molecule has 1 saturated heterocycles. The maximum Gasteiger partial charge on any atom is 0.242 e. The minimum absolute atomic E-state index is 0.0189. The van der Waals surface area contributed by atoms with E-state index in [9.17, 15) is 18.0 Å². The molecular formula is C19H19N5O4S2. The van der Waals surface area contributed by atoms with Crippen LogP contribution < -0.4 is 14.9 Å². The molecule has 4 rings (SSSR count). The van der Waals surface area contributed by atoms with Gasteiger partial charge in [0.25, 0.3) is 0 Å². The topological polar surface area (TPSA) is 121 Å². The number of hydrogen-bond donors (Lipinski definition) is 2. The predicted molar refractivity (Wildman–Crippen MR) is 113 cm³/mol. The van der Waals surface area contributed by atoms with Crippen molar-refractivity contribution in [1.82, 2.24) is 18.8 Å². The first-order valence-electron chi connectivity index (χ1n) is 9.30. The summed E-state index contributed by atoms with van der Waals surface area (Å²) < 4.78 is 35.6. The lowest BCUT2D eigenvalue weighted by Gasteiger charge is -2.16. The largest absolute Gasteiger partial charge is 0.354 e. The van der Waals surface area contributed by atoms with Crippen molar-refractivity contribution in [2.24, 2.45) is 5.92 Å². The monoisotopic (exact) mass is 445 g/mol. The molecule has 30 heavy (non-hydrogen) atoms. The number of aromatic nitrogens is 2. The number of nitrogens with one attached hydrogen (secondary N) is 2.